The minimum atomic E-state index is 0.117. The first-order valence-corrected chi connectivity index (χ1v) is 7.03. The summed E-state index contributed by atoms with van der Waals surface area (Å²) >= 11 is 0. The van der Waals surface area contributed by atoms with E-state index in [1.54, 1.807) is 13.2 Å². The zero-order chi connectivity index (χ0) is 15.0. The molecule has 1 aromatic rings. The van der Waals surface area contributed by atoms with Gasteiger partial charge in [0, 0.05) is 17.7 Å². The summed E-state index contributed by atoms with van der Waals surface area (Å²) in [6.45, 7) is 7.24. The van der Waals surface area contributed by atoms with Crippen molar-refractivity contribution < 1.29 is 9.94 Å². The zero-order valence-electron chi connectivity index (χ0n) is 12.6. The summed E-state index contributed by atoms with van der Waals surface area (Å²) in [5.74, 6) is 0.947. The van der Waals surface area contributed by atoms with Gasteiger partial charge in [0.05, 0.1) is 7.11 Å². The first kappa shape index (κ1) is 16.3. The van der Waals surface area contributed by atoms with E-state index in [2.05, 4.69) is 23.9 Å². The van der Waals surface area contributed by atoms with Gasteiger partial charge in [-0.15, -0.1) is 0 Å². The van der Waals surface area contributed by atoms with E-state index >= 15 is 0 Å². The number of ether oxygens (including phenoxy) is 1. The SMILES string of the molecule is CCCN(CCC)Cc1cc(/C(N)=N/O)ccc1OC. The summed E-state index contributed by atoms with van der Waals surface area (Å²) < 4.78 is 5.40. The van der Waals surface area contributed by atoms with Crippen LogP contribution < -0.4 is 10.5 Å². The molecule has 0 aliphatic heterocycles. The van der Waals surface area contributed by atoms with E-state index in [4.69, 9.17) is 15.7 Å². The molecule has 0 spiro atoms. The van der Waals surface area contributed by atoms with Crippen molar-refractivity contribution in [1.29, 1.82) is 0 Å². The van der Waals surface area contributed by atoms with Gasteiger partial charge in [-0.2, -0.15) is 0 Å². The van der Waals surface area contributed by atoms with E-state index < -0.39 is 0 Å². The zero-order valence-corrected chi connectivity index (χ0v) is 12.6. The normalized spacial score (nSPS) is 11.9. The second-order valence-corrected chi connectivity index (χ2v) is 4.79. The van der Waals surface area contributed by atoms with Gasteiger partial charge in [0.15, 0.2) is 5.84 Å². The maximum absolute atomic E-state index is 8.78. The van der Waals surface area contributed by atoms with Gasteiger partial charge in [-0.1, -0.05) is 19.0 Å². The molecule has 0 saturated carbocycles. The Kier molecular flexibility index (Phi) is 6.87. The molecule has 0 aliphatic carbocycles. The lowest BCUT2D eigenvalue weighted by Crippen LogP contribution is -2.25. The third-order valence-corrected chi connectivity index (χ3v) is 3.16. The fourth-order valence-electron chi connectivity index (χ4n) is 2.26. The molecule has 0 bridgehead atoms. The van der Waals surface area contributed by atoms with E-state index in [1.165, 1.54) is 0 Å². The van der Waals surface area contributed by atoms with Crippen molar-refractivity contribution in [2.45, 2.75) is 33.2 Å². The Balaban J connectivity index is 3.00. The molecule has 0 heterocycles. The number of nitrogens with two attached hydrogens (primary N) is 1. The Labute approximate surface area is 121 Å². The van der Waals surface area contributed by atoms with Gasteiger partial charge < -0.3 is 15.7 Å². The molecule has 0 amide bonds. The average molecular weight is 279 g/mol. The molecule has 1 aromatic carbocycles. The molecular weight excluding hydrogens is 254 g/mol. The minimum Gasteiger partial charge on any atom is -0.496 e. The van der Waals surface area contributed by atoms with Gasteiger partial charge in [-0.05, 0) is 44.1 Å². The third-order valence-electron chi connectivity index (χ3n) is 3.16. The Bertz CT molecular complexity index is 441. The Morgan fingerprint density at radius 3 is 2.45 bits per heavy atom. The largest absolute Gasteiger partial charge is 0.496 e. The van der Waals surface area contributed by atoms with Gasteiger partial charge in [-0.25, -0.2) is 0 Å². The summed E-state index contributed by atoms with van der Waals surface area (Å²) in [6.07, 6.45) is 2.23. The van der Waals surface area contributed by atoms with E-state index in [-0.39, 0.29) is 5.84 Å². The summed E-state index contributed by atoms with van der Waals surface area (Å²) in [6, 6.07) is 5.58. The first-order chi connectivity index (χ1) is 9.65. The smallest absolute Gasteiger partial charge is 0.170 e. The highest BCUT2D eigenvalue weighted by molar-refractivity contribution is 5.97. The lowest BCUT2D eigenvalue weighted by molar-refractivity contribution is 0.262. The molecule has 0 saturated heterocycles. The van der Waals surface area contributed by atoms with Crippen LogP contribution in [0.4, 0.5) is 0 Å². The first-order valence-electron chi connectivity index (χ1n) is 7.03. The van der Waals surface area contributed by atoms with Crippen molar-refractivity contribution in [1.82, 2.24) is 4.90 Å². The lowest BCUT2D eigenvalue weighted by Gasteiger charge is -2.22. The quantitative estimate of drug-likeness (QED) is 0.332. The third kappa shape index (κ3) is 4.42. The molecule has 3 N–H and O–H groups in total. The second kappa shape index (κ2) is 8.43. The second-order valence-electron chi connectivity index (χ2n) is 4.79. The standard InChI is InChI=1S/C15H25N3O2/c1-4-8-18(9-5-2)11-13-10-12(15(16)17-19)6-7-14(13)20-3/h6-7,10,19H,4-5,8-9,11H2,1-3H3,(H2,16,17). The van der Waals surface area contributed by atoms with Crippen molar-refractivity contribution in [2.75, 3.05) is 20.2 Å². The summed E-state index contributed by atoms with van der Waals surface area (Å²) in [7, 11) is 1.66. The molecule has 0 aromatic heterocycles. The number of amidine groups is 1. The maximum Gasteiger partial charge on any atom is 0.170 e. The maximum atomic E-state index is 8.78. The topological polar surface area (TPSA) is 71.1 Å². The van der Waals surface area contributed by atoms with Gasteiger partial charge in [0.2, 0.25) is 0 Å². The molecule has 0 aliphatic rings. The molecule has 0 fully saturated rings. The molecule has 0 atom stereocenters. The summed E-state index contributed by atoms with van der Waals surface area (Å²) in [5.41, 5.74) is 7.41. The molecule has 1 rings (SSSR count). The molecule has 0 unspecified atom stereocenters. The van der Waals surface area contributed by atoms with Crippen molar-refractivity contribution in [3.05, 3.63) is 29.3 Å². The highest BCUT2D eigenvalue weighted by Gasteiger charge is 2.11. The van der Waals surface area contributed by atoms with Crippen LogP contribution in [0, 0.1) is 0 Å². The summed E-state index contributed by atoms with van der Waals surface area (Å²) in [5, 5.41) is 11.8. The van der Waals surface area contributed by atoms with Crippen LogP contribution in [0.25, 0.3) is 0 Å². The molecule has 5 nitrogen and oxygen atoms in total. The minimum absolute atomic E-state index is 0.117. The van der Waals surface area contributed by atoms with Crippen LogP contribution >= 0.6 is 0 Å². The highest BCUT2D eigenvalue weighted by atomic mass is 16.5. The van der Waals surface area contributed by atoms with E-state index in [9.17, 15) is 0 Å². The lowest BCUT2D eigenvalue weighted by atomic mass is 10.1. The van der Waals surface area contributed by atoms with Gasteiger partial charge in [-0.3, -0.25) is 4.90 Å². The molecule has 5 heteroatoms. The summed E-state index contributed by atoms with van der Waals surface area (Å²) in [4.78, 5) is 2.38. The van der Waals surface area contributed by atoms with Gasteiger partial charge in [0.25, 0.3) is 0 Å². The highest BCUT2D eigenvalue weighted by Crippen LogP contribution is 2.22. The number of nitrogens with zero attached hydrogens (tertiary/aromatic N) is 2. The number of benzene rings is 1. The molecule has 112 valence electrons. The Morgan fingerprint density at radius 2 is 1.95 bits per heavy atom. The average Bonchev–Trinajstić information content (AvgIpc) is 2.47. The van der Waals surface area contributed by atoms with Crippen LogP contribution in [-0.4, -0.2) is 36.1 Å². The van der Waals surface area contributed by atoms with Crippen molar-refractivity contribution in [3.8, 4) is 5.75 Å². The van der Waals surface area contributed by atoms with Gasteiger partial charge >= 0.3 is 0 Å². The van der Waals surface area contributed by atoms with Crippen molar-refractivity contribution in [3.63, 3.8) is 0 Å². The van der Waals surface area contributed by atoms with Gasteiger partial charge in [0.1, 0.15) is 5.75 Å². The molecular formula is C15H25N3O2. The molecule has 0 radical (unpaired) electrons. The fourth-order valence-corrected chi connectivity index (χ4v) is 2.26. The number of rotatable bonds is 8. The molecule has 20 heavy (non-hydrogen) atoms. The van der Waals surface area contributed by atoms with E-state index in [1.807, 2.05) is 12.1 Å². The van der Waals surface area contributed by atoms with Crippen LogP contribution in [-0.2, 0) is 6.54 Å². The monoisotopic (exact) mass is 279 g/mol. The predicted molar refractivity (Wildman–Crippen MR) is 81.4 cm³/mol. The van der Waals surface area contributed by atoms with Crippen LogP contribution in [0.2, 0.25) is 0 Å². The van der Waals surface area contributed by atoms with Crippen molar-refractivity contribution in [2.24, 2.45) is 10.9 Å². The predicted octanol–water partition coefficient (Wildman–Crippen LogP) is 2.41. The van der Waals surface area contributed by atoms with Crippen LogP contribution in [0.5, 0.6) is 5.75 Å². The van der Waals surface area contributed by atoms with E-state index in [0.29, 0.717) is 5.56 Å². The van der Waals surface area contributed by atoms with Crippen LogP contribution in [0.1, 0.15) is 37.8 Å². The van der Waals surface area contributed by atoms with E-state index in [0.717, 1.165) is 43.8 Å². The number of hydrogen-bond donors (Lipinski definition) is 2. The number of oxime groups is 1. The van der Waals surface area contributed by atoms with Crippen molar-refractivity contribution >= 4 is 5.84 Å². The Morgan fingerprint density at radius 1 is 1.30 bits per heavy atom. The number of hydrogen-bond acceptors (Lipinski definition) is 4. The van der Waals surface area contributed by atoms with Crippen LogP contribution in [0.3, 0.4) is 0 Å². The fraction of sp³-hybridized carbons (Fsp3) is 0.533. The van der Waals surface area contributed by atoms with Crippen LogP contribution in [0.15, 0.2) is 23.4 Å². The number of methoxy groups -OCH3 is 1. The Hall–Kier alpha value is -1.75.